The molecular formula is C31H27N5O. The summed E-state index contributed by atoms with van der Waals surface area (Å²) in [4.78, 5) is 23.8. The molecule has 37 heavy (non-hydrogen) atoms. The van der Waals surface area contributed by atoms with Gasteiger partial charge in [0.1, 0.15) is 5.69 Å². The fraction of sp³-hybridized carbons (Fsp3) is 0.0968. The van der Waals surface area contributed by atoms with Crippen molar-refractivity contribution in [2.75, 3.05) is 0 Å². The van der Waals surface area contributed by atoms with E-state index >= 15 is 0 Å². The van der Waals surface area contributed by atoms with E-state index in [0.29, 0.717) is 13.1 Å². The van der Waals surface area contributed by atoms with E-state index in [4.69, 9.17) is 5.10 Å². The van der Waals surface area contributed by atoms with Crippen molar-refractivity contribution in [2.24, 2.45) is 0 Å². The quantitative estimate of drug-likeness (QED) is 0.258. The molecule has 2 aromatic carbocycles. The van der Waals surface area contributed by atoms with Crippen molar-refractivity contribution < 1.29 is 4.79 Å². The molecule has 0 N–H and O–H groups in total. The number of pyridine rings is 2. The predicted molar refractivity (Wildman–Crippen MR) is 145 cm³/mol. The van der Waals surface area contributed by atoms with E-state index in [1.54, 1.807) is 30.9 Å². The van der Waals surface area contributed by atoms with Crippen LogP contribution in [0, 0.1) is 6.92 Å². The summed E-state index contributed by atoms with van der Waals surface area (Å²) < 4.78 is 1.83. The first kappa shape index (κ1) is 23.9. The Kier molecular flexibility index (Phi) is 7.27. The summed E-state index contributed by atoms with van der Waals surface area (Å²) in [5.41, 5.74) is 6.67. The molecule has 5 aromatic rings. The molecule has 0 spiro atoms. The van der Waals surface area contributed by atoms with E-state index in [1.807, 2.05) is 88.6 Å². The average molecular weight is 486 g/mol. The van der Waals surface area contributed by atoms with Crippen molar-refractivity contribution in [3.8, 4) is 16.9 Å². The van der Waals surface area contributed by atoms with Crippen molar-refractivity contribution in [3.05, 3.63) is 138 Å². The molecular weight excluding hydrogens is 458 g/mol. The number of nitrogens with zero attached hydrogens (tertiary/aromatic N) is 5. The van der Waals surface area contributed by atoms with Crippen molar-refractivity contribution in [3.63, 3.8) is 0 Å². The lowest BCUT2D eigenvalue weighted by molar-refractivity contribution is -0.127. The van der Waals surface area contributed by atoms with E-state index < -0.39 is 0 Å². The highest BCUT2D eigenvalue weighted by molar-refractivity contribution is 5.92. The Hall–Kier alpha value is -4.84. The summed E-state index contributed by atoms with van der Waals surface area (Å²) in [7, 11) is 0. The molecule has 0 aliphatic rings. The Morgan fingerprint density at radius 1 is 0.865 bits per heavy atom. The average Bonchev–Trinajstić information content (AvgIpc) is 3.38. The van der Waals surface area contributed by atoms with Gasteiger partial charge in [0, 0.05) is 61.3 Å². The van der Waals surface area contributed by atoms with Gasteiger partial charge in [0.25, 0.3) is 0 Å². The molecule has 6 heteroatoms. The lowest BCUT2D eigenvalue weighted by Crippen LogP contribution is -2.28. The van der Waals surface area contributed by atoms with Gasteiger partial charge in [0.2, 0.25) is 5.91 Å². The summed E-state index contributed by atoms with van der Waals surface area (Å²) in [5, 5.41) is 4.81. The second-order valence-electron chi connectivity index (χ2n) is 8.77. The molecule has 0 saturated carbocycles. The molecule has 0 fully saturated rings. The van der Waals surface area contributed by atoms with Crippen LogP contribution in [0.25, 0.3) is 23.0 Å². The number of para-hydroxylation sites is 1. The number of rotatable bonds is 8. The van der Waals surface area contributed by atoms with Gasteiger partial charge in [-0.05, 0) is 60.0 Å². The minimum absolute atomic E-state index is 0.0864. The Labute approximate surface area is 216 Å². The van der Waals surface area contributed by atoms with Crippen LogP contribution in [-0.2, 0) is 17.9 Å². The third-order valence-electron chi connectivity index (χ3n) is 6.13. The molecule has 182 valence electrons. The van der Waals surface area contributed by atoms with Gasteiger partial charge in [-0.1, -0.05) is 48.5 Å². The number of hydrogen-bond donors (Lipinski definition) is 0. The van der Waals surface area contributed by atoms with Crippen molar-refractivity contribution >= 4 is 12.0 Å². The van der Waals surface area contributed by atoms with Crippen LogP contribution in [0.3, 0.4) is 0 Å². The second-order valence-corrected chi connectivity index (χ2v) is 8.77. The van der Waals surface area contributed by atoms with Gasteiger partial charge in [-0.3, -0.25) is 14.8 Å². The van der Waals surface area contributed by atoms with Crippen LogP contribution >= 0.6 is 0 Å². The molecule has 3 heterocycles. The lowest BCUT2D eigenvalue weighted by atomic mass is 10.1. The largest absolute Gasteiger partial charge is 0.330 e. The number of carbonyl (C=O) groups excluding carboxylic acids is 1. The minimum Gasteiger partial charge on any atom is -0.330 e. The maximum atomic E-state index is 13.5. The fourth-order valence-electron chi connectivity index (χ4n) is 4.13. The Morgan fingerprint density at radius 3 is 2.35 bits per heavy atom. The Morgan fingerprint density at radius 2 is 1.62 bits per heavy atom. The van der Waals surface area contributed by atoms with Crippen molar-refractivity contribution in [1.82, 2.24) is 24.6 Å². The minimum atomic E-state index is -0.0864. The smallest absolute Gasteiger partial charge is 0.247 e. The SMILES string of the molecule is Cc1ccccc1CN(Cc1cccnc1)C(=O)/C=C/c1cn(-c2ccccc2)nc1-c1cccnc1. The standard InChI is InChI=1S/C31H27N5O/c1-24-9-5-6-11-27(24)22-35(21-25-10-7-17-32-19-25)30(37)16-15-28-23-36(29-13-3-2-4-14-29)34-31(28)26-12-8-18-33-20-26/h2-20,23H,21-22H2,1H3/b16-15+. The summed E-state index contributed by atoms with van der Waals surface area (Å²) in [6.45, 7) is 3.03. The van der Waals surface area contributed by atoms with E-state index in [9.17, 15) is 4.79 Å². The van der Waals surface area contributed by atoms with Crippen LogP contribution in [-0.4, -0.2) is 30.6 Å². The molecule has 0 atom stereocenters. The third kappa shape index (κ3) is 5.87. The van der Waals surface area contributed by atoms with Gasteiger partial charge in [-0.2, -0.15) is 5.10 Å². The number of carbonyl (C=O) groups is 1. The number of aromatic nitrogens is 4. The predicted octanol–water partition coefficient (Wildman–Crippen LogP) is 5.88. The first-order valence-corrected chi connectivity index (χ1v) is 12.1. The van der Waals surface area contributed by atoms with Gasteiger partial charge in [0.15, 0.2) is 0 Å². The summed E-state index contributed by atoms with van der Waals surface area (Å²) in [6, 6.07) is 25.8. The van der Waals surface area contributed by atoms with Gasteiger partial charge < -0.3 is 4.90 Å². The first-order chi connectivity index (χ1) is 18.2. The lowest BCUT2D eigenvalue weighted by Gasteiger charge is -2.22. The van der Waals surface area contributed by atoms with E-state index in [0.717, 1.165) is 39.2 Å². The van der Waals surface area contributed by atoms with Gasteiger partial charge in [-0.15, -0.1) is 0 Å². The molecule has 6 nitrogen and oxygen atoms in total. The van der Waals surface area contributed by atoms with Crippen LogP contribution in [0.1, 0.15) is 22.3 Å². The molecule has 0 radical (unpaired) electrons. The van der Waals surface area contributed by atoms with Crippen molar-refractivity contribution in [1.29, 1.82) is 0 Å². The fourth-order valence-corrected chi connectivity index (χ4v) is 4.13. The number of hydrogen-bond acceptors (Lipinski definition) is 4. The molecule has 0 saturated heterocycles. The topological polar surface area (TPSA) is 63.9 Å². The van der Waals surface area contributed by atoms with E-state index in [2.05, 4.69) is 29.0 Å². The van der Waals surface area contributed by atoms with Crippen LogP contribution < -0.4 is 0 Å². The molecule has 0 aliphatic heterocycles. The maximum Gasteiger partial charge on any atom is 0.247 e. The van der Waals surface area contributed by atoms with Gasteiger partial charge in [0.05, 0.1) is 5.69 Å². The number of aryl methyl sites for hydroxylation is 1. The van der Waals surface area contributed by atoms with Crippen LogP contribution in [0.15, 0.2) is 116 Å². The monoisotopic (exact) mass is 485 g/mol. The molecule has 0 unspecified atom stereocenters. The van der Waals surface area contributed by atoms with Crippen LogP contribution in [0.2, 0.25) is 0 Å². The molecule has 3 aromatic heterocycles. The second kappa shape index (κ2) is 11.3. The zero-order chi connectivity index (χ0) is 25.5. The summed E-state index contributed by atoms with van der Waals surface area (Å²) in [5.74, 6) is -0.0864. The normalized spacial score (nSPS) is 11.1. The van der Waals surface area contributed by atoms with Crippen LogP contribution in [0.4, 0.5) is 0 Å². The number of amides is 1. The zero-order valence-corrected chi connectivity index (χ0v) is 20.6. The Balaban J connectivity index is 1.47. The Bertz CT molecular complexity index is 1490. The van der Waals surface area contributed by atoms with Gasteiger partial charge in [-0.25, -0.2) is 4.68 Å². The molecule has 5 rings (SSSR count). The van der Waals surface area contributed by atoms with Gasteiger partial charge >= 0.3 is 0 Å². The summed E-state index contributed by atoms with van der Waals surface area (Å²) >= 11 is 0. The number of benzene rings is 2. The first-order valence-electron chi connectivity index (χ1n) is 12.1. The molecule has 1 amide bonds. The maximum absolute atomic E-state index is 13.5. The summed E-state index contributed by atoms with van der Waals surface area (Å²) in [6.07, 6.45) is 12.5. The highest BCUT2D eigenvalue weighted by Crippen LogP contribution is 2.24. The zero-order valence-electron chi connectivity index (χ0n) is 20.6. The highest BCUT2D eigenvalue weighted by Gasteiger charge is 2.15. The van der Waals surface area contributed by atoms with E-state index in [1.165, 1.54) is 0 Å². The third-order valence-corrected chi connectivity index (χ3v) is 6.13. The highest BCUT2D eigenvalue weighted by atomic mass is 16.2. The van der Waals surface area contributed by atoms with Crippen molar-refractivity contribution in [2.45, 2.75) is 20.0 Å². The van der Waals surface area contributed by atoms with E-state index in [-0.39, 0.29) is 5.91 Å². The molecule has 0 aliphatic carbocycles. The van der Waals surface area contributed by atoms with Crippen LogP contribution in [0.5, 0.6) is 0 Å². The molecule has 0 bridgehead atoms.